The Morgan fingerprint density at radius 1 is 1.28 bits per heavy atom. The molecule has 1 aliphatic rings. The van der Waals surface area contributed by atoms with Gasteiger partial charge in [-0.2, -0.15) is 5.26 Å². The van der Waals surface area contributed by atoms with Crippen molar-refractivity contribution in [1.29, 1.82) is 5.26 Å². The van der Waals surface area contributed by atoms with Crippen molar-refractivity contribution in [3.05, 3.63) is 59.0 Å². The number of aryl methyl sites for hydroxylation is 2. The average molecular weight is 388 g/mol. The Morgan fingerprint density at radius 2 is 2.10 bits per heavy atom. The van der Waals surface area contributed by atoms with Gasteiger partial charge in [-0.05, 0) is 24.5 Å². The number of phenolic OH excluding ortho intramolecular Hbond substituents is 2. The third kappa shape index (κ3) is 3.21. The van der Waals surface area contributed by atoms with Gasteiger partial charge in [0.05, 0.1) is 11.6 Å². The van der Waals surface area contributed by atoms with Gasteiger partial charge in [0.15, 0.2) is 5.76 Å². The highest BCUT2D eigenvalue weighted by Gasteiger charge is 2.31. The summed E-state index contributed by atoms with van der Waals surface area (Å²) in [7, 11) is 0. The Hall–Kier alpha value is -3.72. The number of ketones is 1. The summed E-state index contributed by atoms with van der Waals surface area (Å²) in [5.74, 6) is -0.656. The minimum Gasteiger partial charge on any atom is -0.508 e. The smallest absolute Gasteiger partial charge is 0.235 e. The molecule has 0 spiro atoms. The van der Waals surface area contributed by atoms with Crippen LogP contribution in [0.25, 0.3) is 17.0 Å². The molecule has 6 heteroatoms. The SMILES string of the molecule is CCc1cccc2c(C=C3Oc4cc(O)cc(O)c4C3=O)cn(CCCC#N)c12. The highest BCUT2D eigenvalue weighted by Crippen LogP contribution is 2.41. The molecule has 0 saturated carbocycles. The number of ether oxygens (including phenoxy) is 1. The number of unbranched alkanes of at least 4 members (excludes halogenated alkanes) is 1. The molecule has 29 heavy (non-hydrogen) atoms. The molecule has 146 valence electrons. The summed E-state index contributed by atoms with van der Waals surface area (Å²) in [4.78, 5) is 12.7. The molecular weight excluding hydrogens is 368 g/mol. The molecule has 2 aromatic carbocycles. The molecule has 0 radical (unpaired) electrons. The molecule has 4 rings (SSSR count). The Balaban J connectivity index is 1.80. The molecule has 0 amide bonds. The maximum absolute atomic E-state index is 12.7. The van der Waals surface area contributed by atoms with Gasteiger partial charge >= 0.3 is 0 Å². The number of allylic oxidation sites excluding steroid dienone is 1. The number of para-hydroxylation sites is 1. The van der Waals surface area contributed by atoms with Crippen molar-refractivity contribution in [3.8, 4) is 23.3 Å². The summed E-state index contributed by atoms with van der Waals surface area (Å²) < 4.78 is 7.76. The van der Waals surface area contributed by atoms with E-state index >= 15 is 0 Å². The van der Waals surface area contributed by atoms with Gasteiger partial charge < -0.3 is 19.5 Å². The van der Waals surface area contributed by atoms with Crippen LogP contribution in [0.2, 0.25) is 0 Å². The molecule has 0 bridgehead atoms. The summed E-state index contributed by atoms with van der Waals surface area (Å²) in [5, 5.41) is 29.5. The zero-order chi connectivity index (χ0) is 20.5. The van der Waals surface area contributed by atoms with E-state index in [2.05, 4.69) is 23.6 Å². The fraction of sp³-hybridized carbons (Fsp3) is 0.217. The van der Waals surface area contributed by atoms with Crippen molar-refractivity contribution >= 4 is 22.8 Å². The van der Waals surface area contributed by atoms with Crippen molar-refractivity contribution < 1.29 is 19.7 Å². The Kier molecular flexibility index (Phi) is 4.73. The molecule has 1 aliphatic heterocycles. The fourth-order valence-electron chi connectivity index (χ4n) is 3.79. The Bertz CT molecular complexity index is 1200. The van der Waals surface area contributed by atoms with Crippen molar-refractivity contribution in [3.63, 3.8) is 0 Å². The summed E-state index contributed by atoms with van der Waals surface area (Å²) in [6.07, 6.45) is 5.71. The zero-order valence-corrected chi connectivity index (χ0v) is 16.0. The van der Waals surface area contributed by atoms with Crippen LogP contribution >= 0.6 is 0 Å². The molecule has 3 aromatic rings. The molecule has 0 unspecified atom stereocenters. The van der Waals surface area contributed by atoms with Crippen LogP contribution in [-0.4, -0.2) is 20.6 Å². The van der Waals surface area contributed by atoms with Crippen LogP contribution in [0, 0.1) is 11.3 Å². The van der Waals surface area contributed by atoms with E-state index in [-0.39, 0.29) is 28.6 Å². The van der Waals surface area contributed by atoms with Gasteiger partial charge in [0, 0.05) is 42.2 Å². The first-order valence-electron chi connectivity index (χ1n) is 9.51. The molecule has 0 fully saturated rings. The number of benzene rings is 2. The van der Waals surface area contributed by atoms with E-state index in [1.807, 2.05) is 18.3 Å². The lowest BCUT2D eigenvalue weighted by atomic mass is 10.0. The first kappa shape index (κ1) is 18.6. The minimum atomic E-state index is -0.422. The summed E-state index contributed by atoms with van der Waals surface area (Å²) >= 11 is 0. The summed E-state index contributed by atoms with van der Waals surface area (Å²) in [6, 6.07) is 10.7. The van der Waals surface area contributed by atoms with E-state index < -0.39 is 5.78 Å². The average Bonchev–Trinajstić information content (AvgIpc) is 3.20. The molecule has 1 aromatic heterocycles. The lowest BCUT2D eigenvalue weighted by Crippen LogP contribution is -1.98. The molecule has 2 N–H and O–H groups in total. The third-order valence-electron chi connectivity index (χ3n) is 5.10. The number of nitrogens with zero attached hydrogens (tertiary/aromatic N) is 2. The number of fused-ring (bicyclic) bond motifs is 2. The van der Waals surface area contributed by atoms with Crippen LogP contribution in [-0.2, 0) is 13.0 Å². The van der Waals surface area contributed by atoms with Crippen molar-refractivity contribution in [2.45, 2.75) is 32.7 Å². The normalized spacial score (nSPS) is 14.2. The molecule has 0 atom stereocenters. The van der Waals surface area contributed by atoms with Crippen LogP contribution in [0.15, 0.2) is 42.3 Å². The Morgan fingerprint density at radius 3 is 2.86 bits per heavy atom. The summed E-state index contributed by atoms with van der Waals surface area (Å²) in [5.41, 5.74) is 3.16. The van der Waals surface area contributed by atoms with Gasteiger partial charge in [-0.15, -0.1) is 0 Å². The number of phenols is 2. The van der Waals surface area contributed by atoms with Crippen molar-refractivity contribution in [2.75, 3.05) is 0 Å². The van der Waals surface area contributed by atoms with E-state index in [1.165, 1.54) is 11.6 Å². The topological polar surface area (TPSA) is 95.5 Å². The number of hydrogen-bond donors (Lipinski definition) is 2. The maximum atomic E-state index is 12.7. The Labute approximate surface area is 167 Å². The first-order valence-corrected chi connectivity index (χ1v) is 9.51. The predicted octanol–water partition coefficient (Wildman–Crippen LogP) is 4.53. The number of nitriles is 1. The highest BCUT2D eigenvalue weighted by atomic mass is 16.5. The number of Topliss-reactive ketones (excluding diaryl/α,β-unsaturated/α-hetero) is 1. The van der Waals surface area contributed by atoms with Crippen molar-refractivity contribution in [2.24, 2.45) is 0 Å². The number of carbonyl (C=O) groups excluding carboxylic acids is 1. The number of rotatable bonds is 5. The minimum absolute atomic E-state index is 0.0565. The van der Waals surface area contributed by atoms with Crippen LogP contribution in [0.3, 0.4) is 0 Å². The van der Waals surface area contributed by atoms with Crippen LogP contribution in [0.5, 0.6) is 17.2 Å². The third-order valence-corrected chi connectivity index (χ3v) is 5.10. The standard InChI is InChI=1S/C23H20N2O4/c1-2-14-6-5-7-17-15(13-25(22(14)17)9-4-3-8-24)10-20-23(28)21-18(27)11-16(26)12-19(21)29-20/h5-7,10-13,26-27H,2-4,9H2,1H3. The molecule has 0 saturated heterocycles. The molecule has 6 nitrogen and oxygen atoms in total. The van der Waals surface area contributed by atoms with Crippen LogP contribution in [0.4, 0.5) is 0 Å². The number of aromatic hydroxyl groups is 2. The largest absolute Gasteiger partial charge is 0.508 e. The number of hydrogen-bond acceptors (Lipinski definition) is 5. The van der Waals surface area contributed by atoms with Gasteiger partial charge in [-0.3, -0.25) is 4.79 Å². The maximum Gasteiger partial charge on any atom is 0.235 e. The van der Waals surface area contributed by atoms with Gasteiger partial charge in [0.25, 0.3) is 0 Å². The van der Waals surface area contributed by atoms with E-state index in [1.54, 1.807) is 6.08 Å². The number of aromatic nitrogens is 1. The lowest BCUT2D eigenvalue weighted by molar-refractivity contribution is 0.101. The molecule has 0 aliphatic carbocycles. The number of carbonyl (C=O) groups is 1. The van der Waals surface area contributed by atoms with Gasteiger partial charge in [-0.1, -0.05) is 25.1 Å². The van der Waals surface area contributed by atoms with E-state index in [0.29, 0.717) is 13.0 Å². The summed E-state index contributed by atoms with van der Waals surface area (Å²) in [6.45, 7) is 2.79. The first-order chi connectivity index (χ1) is 14.0. The zero-order valence-electron chi connectivity index (χ0n) is 16.0. The second-order valence-electron chi connectivity index (χ2n) is 6.98. The molecular formula is C23H20N2O4. The van der Waals surface area contributed by atoms with Gasteiger partial charge in [0.2, 0.25) is 5.78 Å². The van der Waals surface area contributed by atoms with E-state index in [9.17, 15) is 15.0 Å². The van der Waals surface area contributed by atoms with E-state index in [4.69, 9.17) is 10.00 Å². The monoisotopic (exact) mass is 388 g/mol. The van der Waals surface area contributed by atoms with Crippen molar-refractivity contribution in [1.82, 2.24) is 4.57 Å². The fourth-order valence-corrected chi connectivity index (χ4v) is 3.79. The second-order valence-corrected chi connectivity index (χ2v) is 6.98. The lowest BCUT2D eigenvalue weighted by Gasteiger charge is -2.07. The molecule has 2 heterocycles. The van der Waals surface area contributed by atoms with Crippen LogP contribution in [0.1, 0.15) is 41.3 Å². The van der Waals surface area contributed by atoms with Gasteiger partial charge in [-0.25, -0.2) is 0 Å². The second kappa shape index (κ2) is 7.36. The quantitative estimate of drug-likeness (QED) is 0.494. The predicted molar refractivity (Wildman–Crippen MR) is 109 cm³/mol. The highest BCUT2D eigenvalue weighted by molar-refractivity contribution is 6.16. The van der Waals surface area contributed by atoms with E-state index in [0.717, 1.165) is 35.4 Å². The van der Waals surface area contributed by atoms with Crippen LogP contribution < -0.4 is 4.74 Å². The van der Waals surface area contributed by atoms with Gasteiger partial charge in [0.1, 0.15) is 22.8 Å².